The van der Waals surface area contributed by atoms with Crippen LogP contribution in [0.2, 0.25) is 0 Å². The lowest BCUT2D eigenvalue weighted by molar-refractivity contribution is -0.139. The fourth-order valence-electron chi connectivity index (χ4n) is 1.76. The first-order valence-electron chi connectivity index (χ1n) is 6.35. The summed E-state index contributed by atoms with van der Waals surface area (Å²) in [7, 11) is 1.60. The largest absolute Gasteiger partial charge is 0.480 e. The molecule has 6 nitrogen and oxygen atoms in total. The summed E-state index contributed by atoms with van der Waals surface area (Å²) in [6, 6.07) is 6.12. The molecule has 0 heterocycles. The highest BCUT2D eigenvalue weighted by atomic mass is 16.4. The van der Waals surface area contributed by atoms with Crippen molar-refractivity contribution < 1.29 is 19.8 Å². The first-order chi connectivity index (χ1) is 9.45. The lowest BCUT2D eigenvalue weighted by Gasteiger charge is -2.21. The van der Waals surface area contributed by atoms with E-state index in [1.807, 2.05) is 31.2 Å². The summed E-state index contributed by atoms with van der Waals surface area (Å²) >= 11 is 0. The number of aliphatic hydroxyl groups is 1. The molecule has 3 N–H and O–H groups in total. The van der Waals surface area contributed by atoms with Gasteiger partial charge in [0.1, 0.15) is 6.04 Å². The van der Waals surface area contributed by atoms with Gasteiger partial charge in [-0.1, -0.05) is 24.3 Å². The van der Waals surface area contributed by atoms with Crippen LogP contribution >= 0.6 is 0 Å². The molecular weight excluding hydrogens is 260 g/mol. The number of hydrogen-bond donors (Lipinski definition) is 3. The average molecular weight is 280 g/mol. The zero-order valence-electron chi connectivity index (χ0n) is 11.7. The molecule has 0 aromatic heterocycles. The van der Waals surface area contributed by atoms with Crippen molar-refractivity contribution in [2.75, 3.05) is 13.7 Å². The van der Waals surface area contributed by atoms with Crippen molar-refractivity contribution in [1.29, 1.82) is 0 Å². The molecule has 2 amide bonds. The second kappa shape index (κ2) is 7.49. The number of carboxylic acids is 1. The third-order valence-corrected chi connectivity index (χ3v) is 3.03. The van der Waals surface area contributed by atoms with Gasteiger partial charge < -0.3 is 20.4 Å². The van der Waals surface area contributed by atoms with E-state index in [0.717, 1.165) is 11.1 Å². The Labute approximate surface area is 118 Å². The molecule has 0 fully saturated rings. The maximum atomic E-state index is 11.9. The maximum Gasteiger partial charge on any atom is 0.326 e. The van der Waals surface area contributed by atoms with Crippen LogP contribution in [-0.4, -0.2) is 46.8 Å². The van der Waals surface area contributed by atoms with Gasteiger partial charge >= 0.3 is 12.0 Å². The van der Waals surface area contributed by atoms with Gasteiger partial charge in [0.25, 0.3) is 0 Å². The molecule has 1 atom stereocenters. The number of aliphatic carboxylic acids is 1. The number of nitrogens with one attached hydrogen (secondary N) is 1. The molecule has 0 bridgehead atoms. The van der Waals surface area contributed by atoms with Crippen molar-refractivity contribution >= 4 is 12.0 Å². The fraction of sp³-hybridized carbons (Fsp3) is 0.429. The number of aryl methyl sites for hydroxylation is 1. The molecule has 0 aliphatic carbocycles. The van der Waals surface area contributed by atoms with Crippen molar-refractivity contribution in [1.82, 2.24) is 10.2 Å². The summed E-state index contributed by atoms with van der Waals surface area (Å²) in [5, 5.41) is 20.1. The molecule has 0 aliphatic rings. The van der Waals surface area contributed by atoms with Gasteiger partial charge in [-0.2, -0.15) is 0 Å². The Balaban J connectivity index is 2.63. The van der Waals surface area contributed by atoms with E-state index >= 15 is 0 Å². The summed E-state index contributed by atoms with van der Waals surface area (Å²) in [5.41, 5.74) is 2.07. The Morgan fingerprint density at radius 3 is 2.55 bits per heavy atom. The summed E-state index contributed by atoms with van der Waals surface area (Å²) in [6.45, 7) is 2.05. The van der Waals surface area contributed by atoms with Crippen LogP contribution in [0.5, 0.6) is 0 Å². The first kappa shape index (κ1) is 16.0. The number of benzene rings is 1. The monoisotopic (exact) mass is 280 g/mol. The molecule has 0 saturated carbocycles. The van der Waals surface area contributed by atoms with Crippen LogP contribution in [0, 0.1) is 6.92 Å². The van der Waals surface area contributed by atoms with Gasteiger partial charge in [0.2, 0.25) is 0 Å². The lowest BCUT2D eigenvalue weighted by atomic mass is 10.1. The van der Waals surface area contributed by atoms with Crippen LogP contribution in [0.15, 0.2) is 24.3 Å². The normalized spacial score (nSPS) is 11.8. The van der Waals surface area contributed by atoms with Gasteiger partial charge in [0, 0.05) is 26.6 Å². The number of hydrogen-bond acceptors (Lipinski definition) is 3. The van der Waals surface area contributed by atoms with Gasteiger partial charge in [0.05, 0.1) is 0 Å². The van der Waals surface area contributed by atoms with E-state index in [-0.39, 0.29) is 13.0 Å². The molecule has 0 unspecified atom stereocenters. The van der Waals surface area contributed by atoms with Crippen molar-refractivity contribution in [2.24, 2.45) is 0 Å². The second-order valence-electron chi connectivity index (χ2n) is 4.64. The van der Waals surface area contributed by atoms with Crippen LogP contribution in [0.1, 0.15) is 17.5 Å². The van der Waals surface area contributed by atoms with E-state index in [2.05, 4.69) is 5.32 Å². The third kappa shape index (κ3) is 4.55. The van der Waals surface area contributed by atoms with Gasteiger partial charge in [-0.3, -0.25) is 0 Å². The quantitative estimate of drug-likeness (QED) is 0.724. The smallest absolute Gasteiger partial charge is 0.326 e. The van der Waals surface area contributed by atoms with Gasteiger partial charge in [-0.15, -0.1) is 0 Å². The van der Waals surface area contributed by atoms with Gasteiger partial charge in [-0.05, 0) is 18.1 Å². The van der Waals surface area contributed by atoms with Crippen molar-refractivity contribution in [3.8, 4) is 0 Å². The minimum atomic E-state index is -1.16. The highest BCUT2D eigenvalue weighted by molar-refractivity contribution is 5.82. The predicted octanol–water partition coefficient (Wildman–Crippen LogP) is 0.972. The van der Waals surface area contributed by atoms with Gasteiger partial charge in [0.15, 0.2) is 0 Å². The Bertz CT molecular complexity index is 476. The van der Waals surface area contributed by atoms with Gasteiger partial charge in [-0.25, -0.2) is 9.59 Å². The maximum absolute atomic E-state index is 11.9. The SMILES string of the molecule is Cc1ccccc1CN(C)C(=O)N[C@H](CCO)C(=O)O. The molecule has 110 valence electrons. The number of carboxylic acid groups (broad SMARTS) is 1. The number of carbonyl (C=O) groups excluding carboxylic acids is 1. The predicted molar refractivity (Wildman–Crippen MR) is 74.3 cm³/mol. The van der Waals surface area contributed by atoms with Crippen LogP contribution in [-0.2, 0) is 11.3 Å². The van der Waals surface area contributed by atoms with Crippen LogP contribution < -0.4 is 5.32 Å². The molecule has 0 saturated heterocycles. The summed E-state index contributed by atoms with van der Waals surface area (Å²) < 4.78 is 0. The molecule has 1 aromatic carbocycles. The summed E-state index contributed by atoms with van der Waals surface area (Å²) in [6.07, 6.45) is -0.0146. The Morgan fingerprint density at radius 1 is 1.35 bits per heavy atom. The van der Waals surface area contributed by atoms with Crippen molar-refractivity contribution in [3.63, 3.8) is 0 Å². The van der Waals surface area contributed by atoms with Crippen LogP contribution in [0.4, 0.5) is 4.79 Å². The van der Waals surface area contributed by atoms with Crippen molar-refractivity contribution in [3.05, 3.63) is 35.4 Å². The number of urea groups is 1. The first-order valence-corrected chi connectivity index (χ1v) is 6.35. The number of carbonyl (C=O) groups is 2. The minimum Gasteiger partial charge on any atom is -0.480 e. The third-order valence-electron chi connectivity index (χ3n) is 3.03. The average Bonchev–Trinajstić information content (AvgIpc) is 2.40. The van der Waals surface area contributed by atoms with E-state index in [9.17, 15) is 9.59 Å². The molecule has 20 heavy (non-hydrogen) atoms. The van der Waals surface area contributed by atoms with Crippen LogP contribution in [0.25, 0.3) is 0 Å². The van der Waals surface area contributed by atoms with E-state index in [0.29, 0.717) is 6.54 Å². The fourth-order valence-corrected chi connectivity index (χ4v) is 1.76. The van der Waals surface area contributed by atoms with E-state index in [1.165, 1.54) is 4.90 Å². The minimum absolute atomic E-state index is 0.0146. The molecule has 1 aromatic rings. The van der Waals surface area contributed by atoms with E-state index in [4.69, 9.17) is 10.2 Å². The van der Waals surface area contributed by atoms with E-state index in [1.54, 1.807) is 7.05 Å². The molecule has 0 spiro atoms. The zero-order chi connectivity index (χ0) is 15.1. The zero-order valence-corrected chi connectivity index (χ0v) is 11.7. The summed E-state index contributed by atoms with van der Waals surface area (Å²) in [4.78, 5) is 24.2. The number of aliphatic hydroxyl groups excluding tert-OH is 1. The Hall–Kier alpha value is -2.08. The van der Waals surface area contributed by atoms with E-state index < -0.39 is 18.0 Å². The number of nitrogens with zero attached hydrogens (tertiary/aromatic N) is 1. The molecular formula is C14H20N2O4. The second-order valence-corrected chi connectivity index (χ2v) is 4.64. The highest BCUT2D eigenvalue weighted by Gasteiger charge is 2.21. The Morgan fingerprint density at radius 2 is 2.00 bits per heavy atom. The lowest BCUT2D eigenvalue weighted by Crippen LogP contribution is -2.46. The molecule has 6 heteroatoms. The van der Waals surface area contributed by atoms with Crippen LogP contribution in [0.3, 0.4) is 0 Å². The molecule has 0 aliphatic heterocycles. The summed E-state index contributed by atoms with van der Waals surface area (Å²) in [5.74, 6) is -1.16. The highest BCUT2D eigenvalue weighted by Crippen LogP contribution is 2.09. The standard InChI is InChI=1S/C14H20N2O4/c1-10-5-3-4-6-11(10)9-16(2)14(20)15-12(7-8-17)13(18)19/h3-6,12,17H,7-9H2,1-2H3,(H,15,20)(H,18,19)/t12-/m1/s1. The van der Waals surface area contributed by atoms with Crippen molar-refractivity contribution in [2.45, 2.75) is 25.9 Å². The molecule has 0 radical (unpaired) electrons. The Kier molecular flexibility index (Phi) is 5.99. The topological polar surface area (TPSA) is 89.9 Å². The molecule has 1 rings (SSSR count). The number of rotatable bonds is 6. The number of amides is 2.